The summed E-state index contributed by atoms with van der Waals surface area (Å²) in [5.74, 6) is -0.646. The summed E-state index contributed by atoms with van der Waals surface area (Å²) in [7, 11) is 1.57. The van der Waals surface area contributed by atoms with Crippen LogP contribution in [0.25, 0.3) is 11.5 Å². The number of rotatable bonds is 5. The summed E-state index contributed by atoms with van der Waals surface area (Å²) in [5.41, 5.74) is 0.344. The summed E-state index contributed by atoms with van der Waals surface area (Å²) in [5, 5.41) is 7.77. The number of ether oxygens (including phenoxy) is 2. The fourth-order valence-corrected chi connectivity index (χ4v) is 2.45. The first kappa shape index (κ1) is 17.9. The number of hydrogen-bond donors (Lipinski definition) is 0. The van der Waals surface area contributed by atoms with Gasteiger partial charge < -0.3 is 13.9 Å². The van der Waals surface area contributed by atoms with Crippen molar-refractivity contribution >= 4 is 17.6 Å². The Hall–Kier alpha value is -2.93. The maximum Gasteiger partial charge on any atom is 0.343 e. The number of halogens is 2. The molecule has 0 saturated heterocycles. The van der Waals surface area contributed by atoms with Crippen LogP contribution in [0.4, 0.5) is 4.39 Å². The van der Waals surface area contributed by atoms with Crippen molar-refractivity contribution in [2.24, 2.45) is 0 Å². The van der Waals surface area contributed by atoms with Crippen LogP contribution < -0.4 is 4.74 Å². The van der Waals surface area contributed by atoms with Crippen LogP contribution in [0.3, 0.4) is 0 Å². The number of methoxy groups -OCH3 is 1. The Balaban J connectivity index is 1.75. The molecule has 3 rings (SSSR count). The smallest absolute Gasteiger partial charge is 0.343 e. The SMILES string of the molecule is COc1ccc(-c2nnc([C@@H](C)OC(=O)c3c(F)cccc3Cl)o2)cc1. The van der Waals surface area contributed by atoms with Crippen molar-refractivity contribution < 1.29 is 23.1 Å². The van der Waals surface area contributed by atoms with E-state index in [2.05, 4.69) is 10.2 Å². The van der Waals surface area contributed by atoms with Crippen molar-refractivity contribution in [2.45, 2.75) is 13.0 Å². The van der Waals surface area contributed by atoms with E-state index in [0.29, 0.717) is 11.3 Å². The van der Waals surface area contributed by atoms with Gasteiger partial charge in [0.05, 0.1) is 12.1 Å². The van der Waals surface area contributed by atoms with Crippen molar-refractivity contribution in [2.75, 3.05) is 7.11 Å². The summed E-state index contributed by atoms with van der Waals surface area (Å²) >= 11 is 5.86. The van der Waals surface area contributed by atoms with Crippen LogP contribution in [0.2, 0.25) is 5.02 Å². The maximum atomic E-state index is 13.8. The quantitative estimate of drug-likeness (QED) is 0.612. The lowest BCUT2D eigenvalue weighted by Crippen LogP contribution is -2.12. The van der Waals surface area contributed by atoms with Crippen LogP contribution in [0.15, 0.2) is 46.9 Å². The van der Waals surface area contributed by atoms with Crippen molar-refractivity contribution in [3.63, 3.8) is 0 Å². The molecule has 0 aliphatic rings. The van der Waals surface area contributed by atoms with Gasteiger partial charge in [0.2, 0.25) is 5.89 Å². The van der Waals surface area contributed by atoms with E-state index in [1.807, 2.05) is 0 Å². The fourth-order valence-electron chi connectivity index (χ4n) is 2.21. The van der Waals surface area contributed by atoms with Crippen LogP contribution in [0.5, 0.6) is 5.75 Å². The second-order valence-electron chi connectivity index (χ2n) is 5.32. The molecule has 26 heavy (non-hydrogen) atoms. The Morgan fingerprint density at radius 3 is 2.58 bits per heavy atom. The lowest BCUT2D eigenvalue weighted by atomic mass is 10.2. The standard InChI is InChI=1S/C18H14ClFN2O4/c1-10(25-18(23)15-13(19)4-3-5-14(15)20)16-21-22-17(26-16)11-6-8-12(24-2)9-7-11/h3-10H,1-2H3/t10-/m1/s1. The van der Waals surface area contributed by atoms with Gasteiger partial charge in [-0.3, -0.25) is 0 Å². The zero-order valence-electron chi connectivity index (χ0n) is 13.9. The van der Waals surface area contributed by atoms with Gasteiger partial charge in [0.25, 0.3) is 5.89 Å². The van der Waals surface area contributed by atoms with E-state index in [9.17, 15) is 9.18 Å². The van der Waals surface area contributed by atoms with Crippen LogP contribution in [-0.2, 0) is 4.74 Å². The lowest BCUT2D eigenvalue weighted by Gasteiger charge is -2.10. The first-order chi connectivity index (χ1) is 12.5. The maximum absolute atomic E-state index is 13.8. The number of hydrogen-bond acceptors (Lipinski definition) is 6. The molecule has 1 aromatic heterocycles. The van der Waals surface area contributed by atoms with E-state index in [0.717, 1.165) is 6.07 Å². The minimum absolute atomic E-state index is 0.0355. The highest BCUT2D eigenvalue weighted by molar-refractivity contribution is 6.33. The van der Waals surface area contributed by atoms with Gasteiger partial charge in [-0.05, 0) is 43.3 Å². The van der Waals surface area contributed by atoms with Gasteiger partial charge in [-0.25, -0.2) is 9.18 Å². The molecule has 6 nitrogen and oxygen atoms in total. The second kappa shape index (κ2) is 7.53. The van der Waals surface area contributed by atoms with E-state index >= 15 is 0 Å². The molecule has 2 aromatic carbocycles. The molecule has 1 atom stereocenters. The fraction of sp³-hybridized carbons (Fsp3) is 0.167. The Morgan fingerprint density at radius 1 is 1.19 bits per heavy atom. The average molecular weight is 377 g/mol. The monoisotopic (exact) mass is 376 g/mol. The second-order valence-corrected chi connectivity index (χ2v) is 5.73. The van der Waals surface area contributed by atoms with Crippen LogP contribution >= 0.6 is 11.6 Å². The molecule has 0 aliphatic heterocycles. The highest BCUT2D eigenvalue weighted by Gasteiger charge is 2.23. The van der Waals surface area contributed by atoms with Gasteiger partial charge >= 0.3 is 5.97 Å². The highest BCUT2D eigenvalue weighted by atomic mass is 35.5. The molecule has 0 fully saturated rings. The molecule has 0 radical (unpaired) electrons. The normalized spacial score (nSPS) is 11.8. The minimum atomic E-state index is -0.912. The highest BCUT2D eigenvalue weighted by Crippen LogP contribution is 2.26. The average Bonchev–Trinajstić information content (AvgIpc) is 3.12. The van der Waals surface area contributed by atoms with E-state index in [-0.39, 0.29) is 22.4 Å². The third-order valence-corrected chi connectivity index (χ3v) is 3.89. The predicted molar refractivity (Wildman–Crippen MR) is 91.5 cm³/mol. The molecule has 0 bridgehead atoms. The van der Waals surface area contributed by atoms with E-state index in [1.165, 1.54) is 19.1 Å². The molecular weight excluding hydrogens is 363 g/mol. The number of carbonyl (C=O) groups excluding carboxylic acids is 1. The van der Waals surface area contributed by atoms with Crippen molar-refractivity contribution in [3.05, 3.63) is 64.8 Å². The molecule has 1 heterocycles. The summed E-state index contributed by atoms with van der Waals surface area (Å²) in [6, 6.07) is 10.9. The summed E-state index contributed by atoms with van der Waals surface area (Å²) in [6.45, 7) is 1.54. The molecular formula is C18H14ClFN2O4. The predicted octanol–water partition coefficient (Wildman–Crippen LogP) is 4.46. The van der Waals surface area contributed by atoms with Gasteiger partial charge in [-0.1, -0.05) is 17.7 Å². The van der Waals surface area contributed by atoms with Crippen molar-refractivity contribution in [3.8, 4) is 17.2 Å². The van der Waals surface area contributed by atoms with E-state index in [4.69, 9.17) is 25.5 Å². The third kappa shape index (κ3) is 3.67. The molecule has 0 aliphatic carbocycles. The topological polar surface area (TPSA) is 74.5 Å². The van der Waals surface area contributed by atoms with Gasteiger partial charge in [-0.2, -0.15) is 0 Å². The molecule has 0 spiro atoms. The molecule has 0 unspecified atom stereocenters. The number of carbonyl (C=O) groups is 1. The molecule has 3 aromatic rings. The van der Waals surface area contributed by atoms with Gasteiger partial charge in [0.15, 0.2) is 6.10 Å². The Bertz CT molecular complexity index is 907. The molecule has 0 amide bonds. The Kier molecular flexibility index (Phi) is 5.18. The van der Waals surface area contributed by atoms with Crippen LogP contribution in [-0.4, -0.2) is 23.3 Å². The zero-order valence-corrected chi connectivity index (χ0v) is 14.7. The number of esters is 1. The summed E-state index contributed by atoms with van der Waals surface area (Å²) < 4.78 is 29.6. The summed E-state index contributed by atoms with van der Waals surface area (Å²) in [6.07, 6.45) is -0.877. The third-order valence-electron chi connectivity index (χ3n) is 3.58. The Labute approximate surface area is 153 Å². The van der Waals surface area contributed by atoms with Crippen molar-refractivity contribution in [1.29, 1.82) is 0 Å². The largest absolute Gasteiger partial charge is 0.497 e. The summed E-state index contributed by atoms with van der Waals surface area (Å²) in [4.78, 5) is 12.2. The Morgan fingerprint density at radius 2 is 1.92 bits per heavy atom. The van der Waals surface area contributed by atoms with Crippen LogP contribution in [0.1, 0.15) is 29.3 Å². The molecule has 8 heteroatoms. The van der Waals surface area contributed by atoms with Gasteiger partial charge in [-0.15, -0.1) is 10.2 Å². The van der Waals surface area contributed by atoms with E-state index in [1.54, 1.807) is 31.4 Å². The first-order valence-electron chi connectivity index (χ1n) is 7.62. The number of benzene rings is 2. The van der Waals surface area contributed by atoms with Gasteiger partial charge in [0.1, 0.15) is 17.1 Å². The number of aromatic nitrogens is 2. The first-order valence-corrected chi connectivity index (χ1v) is 8.00. The number of nitrogens with zero attached hydrogens (tertiary/aromatic N) is 2. The minimum Gasteiger partial charge on any atom is -0.497 e. The van der Waals surface area contributed by atoms with Crippen molar-refractivity contribution in [1.82, 2.24) is 10.2 Å². The van der Waals surface area contributed by atoms with E-state index < -0.39 is 17.9 Å². The van der Waals surface area contributed by atoms with Gasteiger partial charge in [0, 0.05) is 5.56 Å². The van der Waals surface area contributed by atoms with Crippen LogP contribution in [0, 0.1) is 5.82 Å². The zero-order chi connectivity index (χ0) is 18.7. The molecule has 0 saturated carbocycles. The molecule has 134 valence electrons. The lowest BCUT2D eigenvalue weighted by molar-refractivity contribution is 0.0275. The molecule has 0 N–H and O–H groups in total.